The maximum absolute atomic E-state index is 12.3. The van der Waals surface area contributed by atoms with Crippen LogP contribution in [0.5, 0.6) is 0 Å². The van der Waals surface area contributed by atoms with E-state index in [2.05, 4.69) is 0 Å². The molecule has 13 heavy (non-hydrogen) atoms. The molecule has 67 valence electrons. The van der Waals surface area contributed by atoms with E-state index in [1.54, 1.807) is 27.5 Å². The van der Waals surface area contributed by atoms with Gasteiger partial charge in [0.15, 0.2) is 0 Å². The van der Waals surface area contributed by atoms with Crippen molar-refractivity contribution < 1.29 is 13.2 Å². The third kappa shape index (κ3) is 2.62. The molecule has 0 bridgehead atoms. The van der Waals surface area contributed by atoms with Crippen molar-refractivity contribution in [1.29, 1.82) is 0 Å². The first kappa shape index (κ1) is 10.4. The molecule has 0 amide bonds. The quantitative estimate of drug-likeness (QED) is 0.666. The Morgan fingerprint density at radius 2 is 1.77 bits per heavy atom. The molecule has 0 saturated heterocycles. The maximum atomic E-state index is 12.3. The predicted octanol–water partition coefficient (Wildman–Crippen LogP) is 2.84. The Morgan fingerprint density at radius 3 is 2.31 bits per heavy atom. The summed E-state index contributed by atoms with van der Waals surface area (Å²) in [4.78, 5) is 1.59. The Balaban J connectivity index is 3.20. The van der Waals surface area contributed by atoms with Gasteiger partial charge in [0.2, 0.25) is 0 Å². The van der Waals surface area contributed by atoms with Gasteiger partial charge in [0.25, 0.3) is 0 Å². The zero-order chi connectivity index (χ0) is 9.90. The fourth-order valence-corrected chi connectivity index (χ4v) is 1.37. The number of hydrogen-bond donors (Lipinski definition) is 0. The second-order valence-electron chi connectivity index (χ2n) is 2.42. The van der Waals surface area contributed by atoms with Crippen molar-refractivity contribution in [2.24, 2.45) is 0 Å². The van der Waals surface area contributed by atoms with E-state index in [1.165, 1.54) is 18.2 Å². The third-order valence-corrected chi connectivity index (χ3v) is 1.88. The number of halogens is 3. The van der Waals surface area contributed by atoms with Gasteiger partial charge in [-0.2, -0.15) is 0 Å². The first-order valence-corrected chi connectivity index (χ1v) is 4.77. The molecule has 0 aliphatic heterocycles. The second-order valence-corrected chi connectivity index (χ2v) is 3.12. The van der Waals surface area contributed by atoms with E-state index in [0.29, 0.717) is 0 Å². The molecule has 1 aromatic rings. The van der Waals surface area contributed by atoms with Crippen molar-refractivity contribution in [3.8, 4) is 0 Å². The van der Waals surface area contributed by atoms with Crippen molar-refractivity contribution in [1.82, 2.24) is 0 Å². The van der Waals surface area contributed by atoms with Gasteiger partial charge < -0.3 is 0 Å². The molecule has 0 heterocycles. The molecule has 0 atom stereocenters. The van der Waals surface area contributed by atoms with Crippen LogP contribution in [0, 0.1) is 0 Å². The molecular formula is C9H6F3Ge. The van der Waals surface area contributed by atoms with Crippen molar-refractivity contribution in [2.75, 3.05) is 0 Å². The molecule has 0 spiro atoms. The number of benzene rings is 1. The van der Waals surface area contributed by atoms with E-state index in [0.717, 1.165) is 6.07 Å². The average molecular weight is 244 g/mol. The standard InChI is InChI=1S/C9H6F3Ge/c10-9(11,12)8-4-2-1-3-7(8)5-6-13/h1-6H/b6-5-. The first-order chi connectivity index (χ1) is 6.05. The second kappa shape index (κ2) is 4.00. The zero-order valence-corrected chi connectivity index (χ0v) is 8.70. The minimum atomic E-state index is -4.27. The Hall–Kier alpha value is -0.707. The van der Waals surface area contributed by atoms with E-state index < -0.39 is 11.7 Å². The Labute approximate surface area is 82.7 Å². The molecule has 0 nitrogen and oxygen atoms in total. The van der Waals surface area contributed by atoms with Crippen LogP contribution in [0.3, 0.4) is 0 Å². The molecule has 0 aromatic heterocycles. The van der Waals surface area contributed by atoms with E-state index in [-0.39, 0.29) is 5.56 Å². The Bertz CT molecular complexity index is 315. The molecule has 0 saturated carbocycles. The summed E-state index contributed by atoms with van der Waals surface area (Å²) in [5, 5.41) is 0. The monoisotopic (exact) mass is 245 g/mol. The molecule has 4 heteroatoms. The van der Waals surface area contributed by atoms with Crippen LogP contribution in [0.15, 0.2) is 29.2 Å². The van der Waals surface area contributed by atoms with Gasteiger partial charge in [-0.15, -0.1) is 0 Å². The van der Waals surface area contributed by atoms with E-state index in [4.69, 9.17) is 0 Å². The summed E-state index contributed by atoms with van der Waals surface area (Å²) in [5.74, 6) is 0. The summed E-state index contributed by atoms with van der Waals surface area (Å²) in [5.41, 5.74) is -0.384. The minimum absolute atomic E-state index is 0.206. The van der Waals surface area contributed by atoms with Crippen LogP contribution in [0.25, 0.3) is 6.08 Å². The predicted molar refractivity (Wildman–Crippen MR) is 46.2 cm³/mol. The van der Waals surface area contributed by atoms with Crippen molar-refractivity contribution in [3.05, 3.63) is 40.3 Å². The zero-order valence-electron chi connectivity index (χ0n) is 6.60. The van der Waals surface area contributed by atoms with Crippen LogP contribution >= 0.6 is 0 Å². The third-order valence-electron chi connectivity index (χ3n) is 1.53. The first-order valence-electron chi connectivity index (χ1n) is 3.55. The van der Waals surface area contributed by atoms with Gasteiger partial charge in [0, 0.05) is 0 Å². The molecule has 0 aliphatic carbocycles. The summed E-state index contributed by atoms with van der Waals surface area (Å²) >= 11 is 1.69. The van der Waals surface area contributed by atoms with Crippen molar-refractivity contribution in [3.63, 3.8) is 0 Å². The normalized spacial score (nSPS) is 12.3. The van der Waals surface area contributed by atoms with Crippen LogP contribution in [-0.2, 0) is 6.18 Å². The van der Waals surface area contributed by atoms with Crippen LogP contribution in [-0.4, -0.2) is 16.5 Å². The summed E-state index contributed by atoms with van der Waals surface area (Å²) in [6, 6.07) is 5.50. The van der Waals surface area contributed by atoms with Crippen molar-refractivity contribution in [2.45, 2.75) is 6.18 Å². The van der Waals surface area contributed by atoms with E-state index >= 15 is 0 Å². The Morgan fingerprint density at radius 1 is 1.15 bits per heavy atom. The number of alkyl halides is 3. The molecular weight excluding hydrogens is 238 g/mol. The van der Waals surface area contributed by atoms with Crippen LogP contribution < -0.4 is 0 Å². The van der Waals surface area contributed by atoms with Crippen LogP contribution in [0.2, 0.25) is 0 Å². The van der Waals surface area contributed by atoms with Gasteiger partial charge in [0.05, 0.1) is 0 Å². The van der Waals surface area contributed by atoms with Crippen LogP contribution in [0.1, 0.15) is 11.1 Å². The molecule has 1 rings (SSSR count). The fraction of sp³-hybridized carbons (Fsp3) is 0.111. The number of rotatable bonds is 1. The average Bonchev–Trinajstić information content (AvgIpc) is 2.04. The molecule has 1 aromatic carbocycles. The number of hydrogen-bond acceptors (Lipinski definition) is 0. The van der Waals surface area contributed by atoms with E-state index in [9.17, 15) is 13.2 Å². The van der Waals surface area contributed by atoms with Gasteiger partial charge in [-0.05, 0) is 0 Å². The summed E-state index contributed by atoms with van der Waals surface area (Å²) < 4.78 is 37.0. The Kier molecular flexibility index (Phi) is 3.19. The molecule has 3 radical (unpaired) electrons. The molecule has 0 fully saturated rings. The summed E-state index contributed by atoms with van der Waals surface area (Å²) in [6.45, 7) is 0. The SMILES string of the molecule is FC(F)(F)c1ccccc1/C=[CH]\[Ge]. The van der Waals surface area contributed by atoms with Gasteiger partial charge in [-0.1, -0.05) is 0 Å². The van der Waals surface area contributed by atoms with Crippen molar-refractivity contribution >= 4 is 22.6 Å². The topological polar surface area (TPSA) is 0 Å². The summed E-state index contributed by atoms with van der Waals surface area (Å²) in [6.07, 6.45) is -2.82. The molecule has 0 unspecified atom stereocenters. The van der Waals surface area contributed by atoms with Gasteiger partial charge in [-0.25, -0.2) is 0 Å². The van der Waals surface area contributed by atoms with E-state index in [1.807, 2.05) is 0 Å². The molecule has 0 aliphatic rings. The van der Waals surface area contributed by atoms with Crippen LogP contribution in [0.4, 0.5) is 13.2 Å². The summed E-state index contributed by atoms with van der Waals surface area (Å²) in [7, 11) is 0. The van der Waals surface area contributed by atoms with Gasteiger partial charge >= 0.3 is 82.2 Å². The molecule has 0 N–H and O–H groups in total. The van der Waals surface area contributed by atoms with Gasteiger partial charge in [-0.3, -0.25) is 0 Å². The fourth-order valence-electron chi connectivity index (χ4n) is 0.990. The van der Waals surface area contributed by atoms with Gasteiger partial charge in [0.1, 0.15) is 0 Å².